The fourth-order valence-corrected chi connectivity index (χ4v) is 2.19. The Bertz CT molecular complexity index is 713. The van der Waals surface area contributed by atoms with E-state index in [9.17, 15) is 9.59 Å². The normalized spacial score (nSPS) is 10.5. The summed E-state index contributed by atoms with van der Waals surface area (Å²) in [5.74, 6) is -0.613. The average Bonchev–Trinajstić information content (AvgIpc) is 2.51. The molecule has 2 rings (SSSR count). The molecule has 6 heteroatoms. The number of nitrogens with zero attached hydrogens (tertiary/aromatic N) is 1. The van der Waals surface area contributed by atoms with Crippen LogP contribution >= 0.6 is 0 Å². The second kappa shape index (κ2) is 7.00. The first kappa shape index (κ1) is 15.9. The molecule has 1 aromatic carbocycles. The number of hydrogen-bond acceptors (Lipinski definition) is 4. The van der Waals surface area contributed by atoms with E-state index in [1.165, 1.54) is 0 Å². The number of hydrogen-bond donors (Lipinski definition) is 3. The minimum Gasteiger partial charge on any atom is -0.326 e. The van der Waals surface area contributed by atoms with Gasteiger partial charge in [-0.1, -0.05) is 19.4 Å². The van der Waals surface area contributed by atoms with Crippen molar-refractivity contribution in [2.45, 2.75) is 33.1 Å². The van der Waals surface area contributed by atoms with E-state index in [0.29, 0.717) is 28.9 Å². The van der Waals surface area contributed by atoms with Crippen LogP contribution in [0.15, 0.2) is 24.3 Å². The number of rotatable bonds is 5. The minimum atomic E-state index is -0.594. The standard InChI is InChI=1S/C16H19N3O3/c1-3-4-5-15(20)18-12-7-6-11-8-13(16(21)19-22)10(2)17-14(11)9-12/h6-9,22H,3-5H2,1-2H3,(H,18,20)(H,19,21). The van der Waals surface area contributed by atoms with Crippen molar-refractivity contribution in [1.82, 2.24) is 10.5 Å². The summed E-state index contributed by atoms with van der Waals surface area (Å²) < 4.78 is 0. The summed E-state index contributed by atoms with van der Waals surface area (Å²) >= 11 is 0. The highest BCUT2D eigenvalue weighted by Gasteiger charge is 2.11. The SMILES string of the molecule is CCCCC(=O)Nc1ccc2cc(C(=O)NO)c(C)nc2c1. The molecule has 0 aliphatic heterocycles. The van der Waals surface area contributed by atoms with Crippen LogP contribution in [-0.4, -0.2) is 22.0 Å². The van der Waals surface area contributed by atoms with Gasteiger partial charge in [0.1, 0.15) is 0 Å². The van der Waals surface area contributed by atoms with Crippen molar-refractivity contribution in [3.63, 3.8) is 0 Å². The number of pyridine rings is 1. The lowest BCUT2D eigenvalue weighted by molar-refractivity contribution is -0.116. The van der Waals surface area contributed by atoms with Crippen LogP contribution in [0.25, 0.3) is 10.9 Å². The molecule has 0 fully saturated rings. The second-order valence-corrected chi connectivity index (χ2v) is 5.12. The van der Waals surface area contributed by atoms with Gasteiger partial charge in [0.2, 0.25) is 5.91 Å². The lowest BCUT2D eigenvalue weighted by Crippen LogP contribution is -2.20. The Morgan fingerprint density at radius 1 is 1.27 bits per heavy atom. The van der Waals surface area contributed by atoms with Crippen LogP contribution in [-0.2, 0) is 4.79 Å². The molecule has 0 saturated heterocycles. The van der Waals surface area contributed by atoms with Gasteiger partial charge in [-0.15, -0.1) is 0 Å². The quantitative estimate of drug-likeness (QED) is 0.585. The highest BCUT2D eigenvalue weighted by atomic mass is 16.5. The second-order valence-electron chi connectivity index (χ2n) is 5.12. The van der Waals surface area contributed by atoms with Crippen LogP contribution in [0.4, 0.5) is 5.69 Å². The van der Waals surface area contributed by atoms with Gasteiger partial charge in [-0.05, 0) is 31.5 Å². The molecule has 0 aliphatic rings. The molecule has 2 aromatic rings. The molecule has 22 heavy (non-hydrogen) atoms. The zero-order chi connectivity index (χ0) is 16.1. The highest BCUT2D eigenvalue weighted by Crippen LogP contribution is 2.21. The predicted octanol–water partition coefficient (Wildman–Crippen LogP) is 2.79. The summed E-state index contributed by atoms with van der Waals surface area (Å²) in [5, 5.41) is 12.3. The molecule has 116 valence electrons. The van der Waals surface area contributed by atoms with Gasteiger partial charge in [-0.2, -0.15) is 0 Å². The van der Waals surface area contributed by atoms with Crippen molar-refractivity contribution in [3.05, 3.63) is 35.5 Å². The summed E-state index contributed by atoms with van der Waals surface area (Å²) in [5.41, 5.74) is 3.79. The van der Waals surface area contributed by atoms with Gasteiger partial charge in [0.25, 0.3) is 5.91 Å². The van der Waals surface area contributed by atoms with Crippen molar-refractivity contribution in [1.29, 1.82) is 0 Å². The Kier molecular flexibility index (Phi) is 5.06. The third-order valence-electron chi connectivity index (χ3n) is 3.40. The third kappa shape index (κ3) is 3.59. The van der Waals surface area contributed by atoms with Crippen molar-refractivity contribution in [2.75, 3.05) is 5.32 Å². The topological polar surface area (TPSA) is 91.3 Å². The monoisotopic (exact) mass is 301 g/mol. The van der Waals surface area contributed by atoms with Crippen molar-refractivity contribution < 1.29 is 14.8 Å². The maximum absolute atomic E-state index is 11.7. The van der Waals surface area contributed by atoms with E-state index in [1.807, 2.05) is 6.92 Å². The van der Waals surface area contributed by atoms with Gasteiger partial charge in [0.05, 0.1) is 16.8 Å². The Morgan fingerprint density at radius 2 is 2.05 bits per heavy atom. The Morgan fingerprint density at radius 3 is 2.73 bits per heavy atom. The molecule has 0 radical (unpaired) electrons. The smallest absolute Gasteiger partial charge is 0.276 e. The predicted molar refractivity (Wildman–Crippen MR) is 83.9 cm³/mol. The number of carbonyl (C=O) groups is 2. The number of hydroxylamine groups is 1. The number of anilines is 1. The third-order valence-corrected chi connectivity index (χ3v) is 3.40. The molecular weight excluding hydrogens is 282 g/mol. The van der Waals surface area contributed by atoms with Gasteiger partial charge in [-0.3, -0.25) is 19.8 Å². The maximum Gasteiger partial charge on any atom is 0.276 e. The van der Waals surface area contributed by atoms with Crippen molar-refractivity contribution >= 4 is 28.4 Å². The highest BCUT2D eigenvalue weighted by molar-refractivity contribution is 5.99. The Labute approximate surface area is 128 Å². The van der Waals surface area contributed by atoms with Gasteiger partial charge in [0.15, 0.2) is 0 Å². The molecule has 0 unspecified atom stereocenters. The van der Waals surface area contributed by atoms with Crippen LogP contribution in [0, 0.1) is 6.92 Å². The Balaban J connectivity index is 2.28. The molecule has 0 spiro atoms. The van der Waals surface area contributed by atoms with Crippen LogP contribution < -0.4 is 10.8 Å². The van der Waals surface area contributed by atoms with E-state index in [4.69, 9.17) is 5.21 Å². The van der Waals surface area contributed by atoms with E-state index in [0.717, 1.165) is 18.2 Å². The molecular formula is C16H19N3O3. The van der Waals surface area contributed by atoms with E-state index in [1.54, 1.807) is 36.7 Å². The molecule has 6 nitrogen and oxygen atoms in total. The van der Waals surface area contributed by atoms with Gasteiger partial charge in [-0.25, -0.2) is 5.48 Å². The number of unbranched alkanes of at least 4 members (excludes halogenated alkanes) is 1. The molecule has 0 bridgehead atoms. The fraction of sp³-hybridized carbons (Fsp3) is 0.312. The van der Waals surface area contributed by atoms with Crippen LogP contribution in [0.2, 0.25) is 0 Å². The van der Waals surface area contributed by atoms with Gasteiger partial charge >= 0.3 is 0 Å². The number of aromatic nitrogens is 1. The molecule has 0 aliphatic carbocycles. The van der Waals surface area contributed by atoms with Crippen LogP contribution in [0.3, 0.4) is 0 Å². The summed E-state index contributed by atoms with van der Waals surface area (Å²) in [6.07, 6.45) is 2.33. The van der Waals surface area contributed by atoms with E-state index < -0.39 is 5.91 Å². The van der Waals surface area contributed by atoms with E-state index >= 15 is 0 Å². The fourth-order valence-electron chi connectivity index (χ4n) is 2.19. The largest absolute Gasteiger partial charge is 0.326 e. The van der Waals surface area contributed by atoms with Crippen molar-refractivity contribution in [3.8, 4) is 0 Å². The first-order valence-corrected chi connectivity index (χ1v) is 7.21. The summed E-state index contributed by atoms with van der Waals surface area (Å²) in [6.45, 7) is 3.73. The molecule has 1 heterocycles. The number of nitrogens with one attached hydrogen (secondary N) is 2. The average molecular weight is 301 g/mol. The van der Waals surface area contributed by atoms with Crippen molar-refractivity contribution in [2.24, 2.45) is 0 Å². The number of fused-ring (bicyclic) bond motifs is 1. The number of carbonyl (C=O) groups excluding carboxylic acids is 2. The molecule has 3 N–H and O–H groups in total. The molecule has 2 amide bonds. The number of benzene rings is 1. The van der Waals surface area contributed by atoms with E-state index in [2.05, 4.69) is 10.3 Å². The summed E-state index contributed by atoms with van der Waals surface area (Å²) in [4.78, 5) is 27.6. The molecule has 0 saturated carbocycles. The van der Waals surface area contributed by atoms with Gasteiger partial charge in [0, 0.05) is 17.5 Å². The van der Waals surface area contributed by atoms with Gasteiger partial charge < -0.3 is 5.32 Å². The first-order chi connectivity index (χ1) is 10.5. The number of amides is 2. The van der Waals surface area contributed by atoms with Crippen LogP contribution in [0.5, 0.6) is 0 Å². The Hall–Kier alpha value is -2.47. The molecule has 1 aromatic heterocycles. The van der Waals surface area contributed by atoms with E-state index in [-0.39, 0.29) is 5.91 Å². The lowest BCUT2D eigenvalue weighted by Gasteiger charge is -2.08. The molecule has 0 atom stereocenters. The minimum absolute atomic E-state index is 0.0193. The van der Waals surface area contributed by atoms with Crippen LogP contribution in [0.1, 0.15) is 42.2 Å². The maximum atomic E-state index is 11.7. The number of aryl methyl sites for hydroxylation is 1. The summed E-state index contributed by atoms with van der Waals surface area (Å²) in [6, 6.07) is 6.98. The zero-order valence-corrected chi connectivity index (χ0v) is 12.6. The zero-order valence-electron chi connectivity index (χ0n) is 12.6. The lowest BCUT2D eigenvalue weighted by atomic mass is 10.1. The summed E-state index contributed by atoms with van der Waals surface area (Å²) in [7, 11) is 0. The first-order valence-electron chi connectivity index (χ1n) is 7.21.